The zero-order valence-corrected chi connectivity index (χ0v) is 25.5. The third-order valence-corrected chi connectivity index (χ3v) is 6.97. The summed E-state index contributed by atoms with van der Waals surface area (Å²) in [5.41, 5.74) is 6.74. The first-order valence-corrected chi connectivity index (χ1v) is 14.5. The zero-order chi connectivity index (χ0) is 31.9. The van der Waals surface area contributed by atoms with E-state index in [9.17, 15) is 18.0 Å². The number of esters is 1. The van der Waals surface area contributed by atoms with Crippen LogP contribution in [0.2, 0.25) is 0 Å². The number of aryl methyl sites for hydroxylation is 2. The highest BCUT2D eigenvalue weighted by Crippen LogP contribution is 2.30. The van der Waals surface area contributed by atoms with Gasteiger partial charge in [-0.3, -0.25) is 10.2 Å². The molecule has 0 aliphatic carbocycles. The molecule has 1 N–H and O–H groups in total. The lowest BCUT2D eigenvalue weighted by Gasteiger charge is -2.11. The van der Waals surface area contributed by atoms with Gasteiger partial charge in [-0.05, 0) is 78.7 Å². The van der Waals surface area contributed by atoms with Gasteiger partial charge in [0.25, 0.3) is 0 Å². The monoisotopic (exact) mass is 624 g/mol. The molecule has 9 nitrogen and oxygen atoms in total. The van der Waals surface area contributed by atoms with Crippen molar-refractivity contribution in [2.45, 2.75) is 33.9 Å². The predicted molar refractivity (Wildman–Crippen MR) is 165 cm³/mol. The number of aliphatic imine (C=N–C) groups is 1. The van der Waals surface area contributed by atoms with Crippen molar-refractivity contribution in [1.82, 2.24) is 20.2 Å². The van der Waals surface area contributed by atoms with Crippen LogP contribution in [0.15, 0.2) is 77.1 Å². The molecule has 0 amide bonds. The Kier molecular flexibility index (Phi) is 10.4. The van der Waals surface area contributed by atoms with Crippen molar-refractivity contribution in [2.75, 3.05) is 13.0 Å². The number of methoxy groups -OCH3 is 1. The van der Waals surface area contributed by atoms with E-state index in [1.165, 1.54) is 34.9 Å². The van der Waals surface area contributed by atoms with Crippen LogP contribution < -0.4 is 10.2 Å². The first-order chi connectivity index (χ1) is 20.9. The summed E-state index contributed by atoms with van der Waals surface area (Å²) in [6.07, 6.45) is -1.35. The fraction of sp³-hybridized carbons (Fsp3) is 0.258. The van der Waals surface area contributed by atoms with Crippen molar-refractivity contribution >= 4 is 34.8 Å². The number of halogens is 3. The summed E-state index contributed by atoms with van der Waals surface area (Å²) in [7, 11) is 1.61. The minimum absolute atomic E-state index is 0.0629. The molecule has 13 heteroatoms. The molecule has 0 saturated heterocycles. The lowest BCUT2D eigenvalue weighted by atomic mass is 10.1. The van der Waals surface area contributed by atoms with Gasteiger partial charge in [0.2, 0.25) is 0 Å². The van der Waals surface area contributed by atoms with Gasteiger partial charge in [-0.25, -0.2) is 14.7 Å². The minimum atomic E-state index is -4.41. The number of benzene rings is 3. The quantitative estimate of drug-likeness (QED) is 0.0698. The van der Waals surface area contributed by atoms with E-state index < -0.39 is 11.7 Å². The third-order valence-electron chi connectivity index (χ3n) is 6.28. The van der Waals surface area contributed by atoms with Gasteiger partial charge in [0.05, 0.1) is 36.2 Å². The first-order valence-electron chi connectivity index (χ1n) is 13.5. The second-order valence-electron chi connectivity index (χ2n) is 9.96. The molecular weight excluding hydrogens is 593 g/mol. The number of rotatable bonds is 9. The van der Waals surface area contributed by atoms with Gasteiger partial charge < -0.3 is 9.47 Å². The summed E-state index contributed by atoms with van der Waals surface area (Å²) in [4.78, 5) is 20.9. The van der Waals surface area contributed by atoms with Gasteiger partial charge in [-0.2, -0.15) is 18.3 Å². The van der Waals surface area contributed by atoms with Crippen molar-refractivity contribution in [3.63, 3.8) is 0 Å². The number of amidine groups is 1. The van der Waals surface area contributed by atoms with Crippen LogP contribution in [0.25, 0.3) is 17.1 Å². The summed E-state index contributed by atoms with van der Waals surface area (Å²) in [5, 5.41) is 9.15. The number of hydrazone groups is 1. The molecule has 0 atom stereocenters. The number of ether oxygens (including phenoxy) is 2. The van der Waals surface area contributed by atoms with Crippen LogP contribution >= 0.6 is 11.8 Å². The van der Waals surface area contributed by atoms with E-state index in [4.69, 9.17) is 14.5 Å². The van der Waals surface area contributed by atoms with E-state index in [1.807, 2.05) is 50.2 Å². The molecule has 3 aromatic carbocycles. The van der Waals surface area contributed by atoms with Crippen LogP contribution in [0, 0.1) is 19.8 Å². The first kappa shape index (κ1) is 32.3. The molecule has 0 unspecified atom stereocenters. The normalized spacial score (nSPS) is 12.2. The van der Waals surface area contributed by atoms with Crippen LogP contribution in [-0.2, 0) is 15.7 Å². The molecule has 0 saturated carbocycles. The molecule has 0 bridgehead atoms. The van der Waals surface area contributed by atoms with E-state index in [0.29, 0.717) is 16.7 Å². The van der Waals surface area contributed by atoms with Crippen LogP contribution in [0.1, 0.15) is 36.1 Å². The second-order valence-corrected chi connectivity index (χ2v) is 10.9. The van der Waals surface area contributed by atoms with E-state index in [2.05, 4.69) is 20.6 Å². The van der Waals surface area contributed by atoms with Crippen molar-refractivity contribution in [3.8, 4) is 22.8 Å². The van der Waals surface area contributed by atoms with Crippen molar-refractivity contribution < 1.29 is 27.4 Å². The van der Waals surface area contributed by atoms with Gasteiger partial charge >= 0.3 is 12.1 Å². The van der Waals surface area contributed by atoms with Gasteiger partial charge in [0.15, 0.2) is 11.0 Å². The molecule has 0 radical (unpaired) electrons. The summed E-state index contributed by atoms with van der Waals surface area (Å²) >= 11 is 1.20. The van der Waals surface area contributed by atoms with Gasteiger partial charge in [-0.1, -0.05) is 38.1 Å². The molecule has 0 fully saturated rings. The zero-order valence-electron chi connectivity index (χ0n) is 24.7. The molecule has 1 aromatic heterocycles. The molecule has 0 aliphatic rings. The topological polar surface area (TPSA) is 103 Å². The number of thioether (sulfide) groups is 1. The number of nitrogens with zero attached hydrogens (tertiary/aromatic N) is 5. The Labute approximate surface area is 257 Å². The molecule has 0 aliphatic heterocycles. The summed E-state index contributed by atoms with van der Waals surface area (Å²) < 4.78 is 50.7. The molecule has 1 heterocycles. The lowest BCUT2D eigenvalue weighted by molar-refractivity contribution is -0.145. The Morgan fingerprint density at radius 1 is 1.07 bits per heavy atom. The van der Waals surface area contributed by atoms with Crippen molar-refractivity contribution in [1.29, 1.82) is 0 Å². The average molecular weight is 625 g/mol. The Morgan fingerprint density at radius 2 is 1.73 bits per heavy atom. The standard InChI is InChI=1S/C31H31F3N6O3S/c1-19(2)29(41)43-18-44-30(37-27-20(3)14-26(42-5)15-21(27)4)38-36-16-22-6-8-23(9-7-22)28-35-17-40(39-28)25-12-10-24(11-13-25)31(32,33)34/h6-17,19H,18H2,1-5H3,(H,37,38)/b36-16+. The molecular formula is C31H31F3N6O3S. The fourth-order valence-corrected chi connectivity index (χ4v) is 4.47. The summed E-state index contributed by atoms with van der Waals surface area (Å²) in [6, 6.07) is 15.7. The highest BCUT2D eigenvalue weighted by molar-refractivity contribution is 8.13. The third kappa shape index (κ3) is 8.47. The Morgan fingerprint density at radius 3 is 2.32 bits per heavy atom. The maximum absolute atomic E-state index is 12.9. The van der Waals surface area contributed by atoms with E-state index in [1.54, 1.807) is 27.2 Å². The fourth-order valence-electron chi connectivity index (χ4n) is 3.91. The predicted octanol–water partition coefficient (Wildman–Crippen LogP) is 7.08. The van der Waals surface area contributed by atoms with Crippen LogP contribution in [0.3, 0.4) is 0 Å². The second kappa shape index (κ2) is 14.2. The number of alkyl halides is 3. The van der Waals surface area contributed by atoms with E-state index in [0.717, 1.165) is 45.8 Å². The van der Waals surface area contributed by atoms with E-state index in [-0.39, 0.29) is 17.8 Å². The number of hydrogen-bond donors (Lipinski definition) is 1. The summed E-state index contributed by atoms with van der Waals surface area (Å²) in [5.74, 6) is 0.655. The van der Waals surface area contributed by atoms with Crippen LogP contribution in [-0.4, -0.2) is 45.2 Å². The number of carbonyl (C=O) groups is 1. The molecule has 0 spiro atoms. The van der Waals surface area contributed by atoms with E-state index >= 15 is 0 Å². The van der Waals surface area contributed by atoms with Crippen molar-refractivity contribution in [2.24, 2.45) is 16.0 Å². The van der Waals surface area contributed by atoms with Crippen LogP contribution in [0.5, 0.6) is 5.75 Å². The maximum Gasteiger partial charge on any atom is 0.416 e. The molecule has 4 rings (SSSR count). The lowest BCUT2D eigenvalue weighted by Crippen LogP contribution is -2.17. The number of nitrogens with one attached hydrogen (secondary N) is 1. The Hall–Kier alpha value is -4.65. The number of carbonyl (C=O) groups excluding carboxylic acids is 1. The average Bonchev–Trinajstić information content (AvgIpc) is 3.49. The largest absolute Gasteiger partial charge is 0.497 e. The van der Waals surface area contributed by atoms with Gasteiger partial charge in [-0.15, -0.1) is 5.10 Å². The van der Waals surface area contributed by atoms with Gasteiger partial charge in [0.1, 0.15) is 18.0 Å². The minimum Gasteiger partial charge on any atom is -0.497 e. The maximum atomic E-state index is 12.9. The van der Waals surface area contributed by atoms with Gasteiger partial charge in [0, 0.05) is 5.56 Å². The highest BCUT2D eigenvalue weighted by atomic mass is 32.2. The number of aromatic nitrogens is 3. The van der Waals surface area contributed by atoms with Crippen molar-refractivity contribution in [3.05, 3.63) is 89.2 Å². The molecule has 44 heavy (non-hydrogen) atoms. The smallest absolute Gasteiger partial charge is 0.416 e. The van der Waals surface area contributed by atoms with Crippen LogP contribution in [0.4, 0.5) is 18.9 Å². The SMILES string of the molecule is COc1cc(C)c(/N=C(\N/N=C/c2ccc(-c3ncn(-c4ccc(C(F)(F)F)cc4)n3)cc2)SCOC(=O)C(C)C)c(C)c1. The highest BCUT2D eigenvalue weighted by Gasteiger charge is 2.30. The Balaban J connectivity index is 1.46. The Bertz CT molecular complexity index is 1630. The number of hydrogen-bond acceptors (Lipinski definition) is 8. The summed E-state index contributed by atoms with van der Waals surface area (Å²) in [6.45, 7) is 7.39. The molecule has 230 valence electrons. The molecule has 4 aromatic rings.